The van der Waals surface area contributed by atoms with Crippen molar-refractivity contribution in [1.29, 1.82) is 0 Å². The van der Waals surface area contributed by atoms with E-state index in [0.29, 0.717) is 12.4 Å². The van der Waals surface area contributed by atoms with Crippen molar-refractivity contribution in [3.05, 3.63) is 75.8 Å². The van der Waals surface area contributed by atoms with Crippen LogP contribution in [-0.4, -0.2) is 34.5 Å². The Morgan fingerprint density at radius 3 is 2.71 bits per heavy atom. The van der Waals surface area contributed by atoms with Gasteiger partial charge in [-0.25, -0.2) is 4.98 Å². The molecule has 0 fully saturated rings. The molecule has 6 heteroatoms. The van der Waals surface area contributed by atoms with Crippen LogP contribution < -0.4 is 4.74 Å². The van der Waals surface area contributed by atoms with E-state index in [9.17, 15) is 10.1 Å². The second kappa shape index (κ2) is 9.39. The normalized spacial score (nSPS) is 13.8. The van der Waals surface area contributed by atoms with Crippen LogP contribution >= 0.6 is 0 Å². The lowest BCUT2D eigenvalue weighted by Gasteiger charge is -2.31. The van der Waals surface area contributed by atoms with Crippen LogP contribution in [0.2, 0.25) is 0 Å². The van der Waals surface area contributed by atoms with Crippen molar-refractivity contribution in [2.45, 2.75) is 39.7 Å². The lowest BCUT2D eigenvalue weighted by Crippen LogP contribution is -2.32. The Labute approximate surface area is 199 Å². The number of aromatic nitrogens is 1. The average Bonchev–Trinajstić information content (AvgIpc) is 2.86. The van der Waals surface area contributed by atoms with Crippen LogP contribution in [0.25, 0.3) is 32.9 Å². The van der Waals surface area contributed by atoms with Crippen molar-refractivity contribution in [3.8, 4) is 17.0 Å². The highest BCUT2D eigenvalue weighted by Gasteiger charge is 2.26. The highest BCUT2D eigenvalue weighted by molar-refractivity contribution is 6.09. The Bertz CT molecular complexity index is 1380. The molecule has 0 atom stereocenters. The molecule has 2 heterocycles. The van der Waals surface area contributed by atoms with Gasteiger partial charge in [-0.1, -0.05) is 44.2 Å². The molecule has 0 N–H and O–H groups in total. The molecule has 1 aromatic heterocycles. The summed E-state index contributed by atoms with van der Waals surface area (Å²) < 4.78 is 5.65. The number of nitro groups is 1. The first-order chi connectivity index (χ1) is 16.6. The quantitative estimate of drug-likeness (QED) is 0.180. The van der Waals surface area contributed by atoms with E-state index in [-0.39, 0.29) is 10.6 Å². The largest absolute Gasteiger partial charge is 0.487 e. The molecule has 174 valence electrons. The van der Waals surface area contributed by atoms with Crippen LogP contribution in [0.1, 0.15) is 37.8 Å². The minimum atomic E-state index is -0.362. The van der Waals surface area contributed by atoms with Gasteiger partial charge in [-0.3, -0.25) is 15.0 Å². The Balaban J connectivity index is 1.74. The molecule has 0 bridgehead atoms. The number of hydrogen-bond donors (Lipinski definition) is 0. The first-order valence-electron chi connectivity index (χ1n) is 12.1. The highest BCUT2D eigenvalue weighted by Crippen LogP contribution is 2.39. The van der Waals surface area contributed by atoms with Crippen LogP contribution in [0.4, 0.5) is 5.69 Å². The van der Waals surface area contributed by atoms with E-state index in [0.717, 1.165) is 55.7 Å². The number of nitro benzene ring substituents is 1. The van der Waals surface area contributed by atoms with Crippen molar-refractivity contribution >= 4 is 27.4 Å². The first kappa shape index (κ1) is 22.3. The number of benzene rings is 3. The maximum Gasteiger partial charge on any atom is 0.311 e. The van der Waals surface area contributed by atoms with Crippen LogP contribution in [0, 0.1) is 10.1 Å². The van der Waals surface area contributed by atoms with Crippen molar-refractivity contribution in [3.63, 3.8) is 0 Å². The second-order valence-electron chi connectivity index (χ2n) is 8.91. The van der Waals surface area contributed by atoms with Gasteiger partial charge in [0.05, 0.1) is 22.7 Å². The van der Waals surface area contributed by atoms with Crippen molar-refractivity contribution in [2.24, 2.45) is 0 Å². The highest BCUT2D eigenvalue weighted by atomic mass is 16.6. The molecule has 0 saturated carbocycles. The summed E-state index contributed by atoms with van der Waals surface area (Å²) in [6.07, 6.45) is 2.82. The van der Waals surface area contributed by atoms with Gasteiger partial charge in [0.2, 0.25) is 0 Å². The minimum Gasteiger partial charge on any atom is -0.487 e. The molecule has 5 rings (SSSR count). The lowest BCUT2D eigenvalue weighted by molar-refractivity contribution is -0.385. The van der Waals surface area contributed by atoms with Gasteiger partial charge >= 0.3 is 5.69 Å². The predicted molar refractivity (Wildman–Crippen MR) is 136 cm³/mol. The van der Waals surface area contributed by atoms with Crippen molar-refractivity contribution in [2.75, 3.05) is 19.7 Å². The van der Waals surface area contributed by atoms with Crippen molar-refractivity contribution < 1.29 is 9.66 Å². The van der Waals surface area contributed by atoms with Gasteiger partial charge in [0.15, 0.2) is 5.75 Å². The summed E-state index contributed by atoms with van der Waals surface area (Å²) in [4.78, 5) is 19.0. The van der Waals surface area contributed by atoms with Gasteiger partial charge < -0.3 is 4.74 Å². The summed E-state index contributed by atoms with van der Waals surface area (Å²) >= 11 is 0. The molecular weight excluding hydrogens is 426 g/mol. The van der Waals surface area contributed by atoms with Crippen LogP contribution in [0.5, 0.6) is 5.75 Å². The summed E-state index contributed by atoms with van der Waals surface area (Å²) in [6.45, 7) is 7.45. The predicted octanol–water partition coefficient (Wildman–Crippen LogP) is 6.52. The molecule has 0 radical (unpaired) electrons. The molecule has 0 unspecified atom stereocenters. The first-order valence-corrected chi connectivity index (χ1v) is 12.1. The maximum atomic E-state index is 11.9. The molecular formula is C28H29N3O3. The van der Waals surface area contributed by atoms with Gasteiger partial charge in [-0.15, -0.1) is 0 Å². The maximum absolute atomic E-state index is 11.9. The topological polar surface area (TPSA) is 68.5 Å². The van der Waals surface area contributed by atoms with E-state index in [4.69, 9.17) is 9.72 Å². The smallest absolute Gasteiger partial charge is 0.311 e. The summed E-state index contributed by atoms with van der Waals surface area (Å²) in [5.41, 5.74) is 5.02. The Hall–Kier alpha value is -3.51. The molecule has 0 spiro atoms. The van der Waals surface area contributed by atoms with Gasteiger partial charge in [-0.05, 0) is 65.9 Å². The zero-order valence-electron chi connectivity index (χ0n) is 19.7. The summed E-state index contributed by atoms with van der Waals surface area (Å²) in [6, 6.07) is 17.9. The molecule has 1 aliphatic heterocycles. The van der Waals surface area contributed by atoms with E-state index in [1.807, 2.05) is 13.0 Å². The third kappa shape index (κ3) is 3.99. The molecule has 0 aliphatic carbocycles. The van der Waals surface area contributed by atoms with E-state index >= 15 is 0 Å². The Morgan fingerprint density at radius 2 is 1.91 bits per heavy atom. The Kier molecular flexibility index (Phi) is 6.16. The Morgan fingerprint density at radius 1 is 1.06 bits per heavy atom. The fraction of sp³-hybridized carbons (Fsp3) is 0.321. The molecule has 6 nitrogen and oxygen atoms in total. The third-order valence-corrected chi connectivity index (χ3v) is 6.58. The standard InChI is InChI=1S/C28H29N3O3/c1-3-14-30-15-13-22-23(18-30)28(20-10-12-26(34-16-4-2)25(17-20)31(32)33)29-24-11-9-19-7-5-6-8-21(19)27(22)24/h5-12,17H,3-4,13-16,18H2,1-2H3. The molecule has 1 aliphatic rings. The van der Waals surface area contributed by atoms with Crippen LogP contribution in [0.15, 0.2) is 54.6 Å². The third-order valence-electron chi connectivity index (χ3n) is 6.58. The minimum absolute atomic E-state index is 0.0127. The second-order valence-corrected chi connectivity index (χ2v) is 8.91. The molecule has 0 saturated heterocycles. The van der Waals surface area contributed by atoms with E-state index in [2.05, 4.69) is 48.2 Å². The fourth-order valence-corrected chi connectivity index (χ4v) is 5.06. The number of fused-ring (bicyclic) bond motifs is 5. The number of rotatable bonds is 7. The fourth-order valence-electron chi connectivity index (χ4n) is 5.06. The summed E-state index contributed by atoms with van der Waals surface area (Å²) in [5.74, 6) is 0.309. The number of hydrogen-bond acceptors (Lipinski definition) is 5. The number of pyridine rings is 1. The molecule has 0 amide bonds. The number of nitrogens with zero attached hydrogens (tertiary/aromatic N) is 3. The monoisotopic (exact) mass is 455 g/mol. The SMILES string of the molecule is CCCOc1ccc(-c2nc3ccc4ccccc4c3c3c2CN(CCC)CC3)cc1[N+](=O)[O-]. The number of ether oxygens (including phenoxy) is 1. The summed E-state index contributed by atoms with van der Waals surface area (Å²) in [7, 11) is 0. The van der Waals surface area contributed by atoms with Crippen LogP contribution in [-0.2, 0) is 13.0 Å². The average molecular weight is 456 g/mol. The molecule has 3 aromatic carbocycles. The van der Waals surface area contributed by atoms with E-state index < -0.39 is 0 Å². The van der Waals surface area contributed by atoms with Gasteiger partial charge in [0.25, 0.3) is 0 Å². The zero-order valence-corrected chi connectivity index (χ0v) is 19.7. The zero-order chi connectivity index (χ0) is 23.7. The van der Waals surface area contributed by atoms with E-state index in [1.165, 1.54) is 27.3 Å². The lowest BCUT2D eigenvalue weighted by atomic mass is 9.89. The van der Waals surface area contributed by atoms with Gasteiger partial charge in [0, 0.05) is 30.1 Å². The van der Waals surface area contributed by atoms with E-state index in [1.54, 1.807) is 12.1 Å². The van der Waals surface area contributed by atoms with Gasteiger partial charge in [0.1, 0.15) is 0 Å². The van der Waals surface area contributed by atoms with Crippen molar-refractivity contribution in [1.82, 2.24) is 9.88 Å². The summed E-state index contributed by atoms with van der Waals surface area (Å²) in [5, 5.41) is 15.5. The van der Waals surface area contributed by atoms with Gasteiger partial charge in [-0.2, -0.15) is 0 Å². The molecule has 34 heavy (non-hydrogen) atoms. The molecule has 4 aromatic rings. The van der Waals surface area contributed by atoms with Crippen LogP contribution in [0.3, 0.4) is 0 Å².